The average Bonchev–Trinajstić information content (AvgIpc) is 3.29. The lowest BCUT2D eigenvalue weighted by Crippen LogP contribution is -2.41. The van der Waals surface area contributed by atoms with E-state index in [-0.39, 0.29) is 18.3 Å². The van der Waals surface area contributed by atoms with Gasteiger partial charge >= 0.3 is 5.97 Å². The summed E-state index contributed by atoms with van der Waals surface area (Å²) < 4.78 is 10.2. The molecular weight excluding hydrogens is 368 g/mol. The summed E-state index contributed by atoms with van der Waals surface area (Å²) in [5, 5.41) is 3.20. The number of nitrogens with zero attached hydrogens (tertiary/aromatic N) is 1. The molecule has 1 saturated heterocycles. The van der Waals surface area contributed by atoms with E-state index >= 15 is 0 Å². The predicted octanol–water partition coefficient (Wildman–Crippen LogP) is 3.32. The molecule has 2 amide bonds. The number of hydrogen-bond acceptors (Lipinski definition) is 6. The van der Waals surface area contributed by atoms with Crippen LogP contribution in [0.15, 0.2) is 28.9 Å². The summed E-state index contributed by atoms with van der Waals surface area (Å²) in [6.45, 7) is 5.01. The van der Waals surface area contributed by atoms with Crippen LogP contribution < -0.4 is 5.32 Å². The van der Waals surface area contributed by atoms with Gasteiger partial charge in [0.1, 0.15) is 4.88 Å². The molecule has 2 aromatic rings. The third-order valence-electron chi connectivity index (χ3n) is 4.42. The van der Waals surface area contributed by atoms with Crippen LogP contribution in [0.1, 0.15) is 45.6 Å². The maximum atomic E-state index is 12.3. The molecule has 3 rings (SSSR count). The molecule has 8 heteroatoms. The third-order valence-corrected chi connectivity index (χ3v) is 5.55. The molecular formula is C19H22N2O5S. The Morgan fingerprint density at radius 2 is 2.22 bits per heavy atom. The van der Waals surface area contributed by atoms with Crippen molar-refractivity contribution in [2.45, 2.75) is 26.7 Å². The Labute approximate surface area is 161 Å². The minimum atomic E-state index is -0.561. The van der Waals surface area contributed by atoms with E-state index in [1.165, 1.54) is 6.26 Å². The summed E-state index contributed by atoms with van der Waals surface area (Å²) in [4.78, 5) is 38.7. The average molecular weight is 390 g/mol. The molecule has 144 valence electrons. The van der Waals surface area contributed by atoms with Crippen molar-refractivity contribution < 1.29 is 23.5 Å². The van der Waals surface area contributed by atoms with Crippen molar-refractivity contribution in [2.75, 3.05) is 25.0 Å². The smallest absolute Gasteiger partial charge is 0.349 e. The van der Waals surface area contributed by atoms with Gasteiger partial charge in [-0.25, -0.2) is 4.79 Å². The molecule has 0 aromatic carbocycles. The summed E-state index contributed by atoms with van der Waals surface area (Å²) in [6, 6.07) is 4.87. The first kappa shape index (κ1) is 19.2. The van der Waals surface area contributed by atoms with Crippen LogP contribution in [0.3, 0.4) is 0 Å². The Morgan fingerprint density at radius 1 is 1.41 bits per heavy atom. The van der Waals surface area contributed by atoms with Crippen molar-refractivity contribution in [3.63, 3.8) is 0 Å². The molecule has 1 unspecified atom stereocenters. The van der Waals surface area contributed by atoms with Crippen LogP contribution in [-0.4, -0.2) is 42.4 Å². The molecule has 1 atom stereocenters. The van der Waals surface area contributed by atoms with Crippen molar-refractivity contribution in [1.82, 2.24) is 4.90 Å². The minimum Gasteiger partial charge on any atom is -0.459 e. The maximum Gasteiger partial charge on any atom is 0.349 e. The van der Waals surface area contributed by atoms with Gasteiger partial charge in [0.2, 0.25) is 0 Å². The molecule has 27 heavy (non-hydrogen) atoms. The number of aryl methyl sites for hydroxylation is 1. The Morgan fingerprint density at radius 3 is 2.93 bits per heavy atom. The monoisotopic (exact) mass is 390 g/mol. The van der Waals surface area contributed by atoms with Crippen molar-refractivity contribution in [1.29, 1.82) is 0 Å². The second-order valence-electron chi connectivity index (χ2n) is 6.72. The number of furan rings is 1. The number of anilines is 1. The van der Waals surface area contributed by atoms with E-state index in [2.05, 4.69) is 12.2 Å². The quantitative estimate of drug-likeness (QED) is 0.791. The van der Waals surface area contributed by atoms with Crippen LogP contribution in [0.25, 0.3) is 0 Å². The number of nitrogens with one attached hydrogen (secondary N) is 1. The van der Waals surface area contributed by atoms with Gasteiger partial charge in [0, 0.05) is 13.1 Å². The first-order valence-electron chi connectivity index (χ1n) is 8.84. The highest BCUT2D eigenvalue weighted by molar-refractivity contribution is 7.18. The summed E-state index contributed by atoms with van der Waals surface area (Å²) in [5.74, 6) is -0.467. The third kappa shape index (κ3) is 4.77. The fourth-order valence-electron chi connectivity index (χ4n) is 3.03. The molecule has 0 bridgehead atoms. The van der Waals surface area contributed by atoms with E-state index in [0.29, 0.717) is 34.4 Å². The number of piperidine rings is 1. The lowest BCUT2D eigenvalue weighted by atomic mass is 10.0. The molecule has 1 aliphatic rings. The zero-order valence-corrected chi connectivity index (χ0v) is 16.1. The predicted molar refractivity (Wildman–Crippen MR) is 101 cm³/mol. The van der Waals surface area contributed by atoms with E-state index in [9.17, 15) is 14.4 Å². The zero-order valence-electron chi connectivity index (χ0n) is 15.3. The fraction of sp³-hybridized carbons (Fsp3) is 0.421. The lowest BCUT2D eigenvalue weighted by Gasteiger charge is -2.30. The highest BCUT2D eigenvalue weighted by Gasteiger charge is 2.23. The van der Waals surface area contributed by atoms with Crippen LogP contribution in [0, 0.1) is 12.8 Å². The molecule has 2 aromatic heterocycles. The SMILES string of the molecule is Cc1cc(NC(=O)c2ccco2)sc1C(=O)OCC(=O)N1CCCC(C)C1. The van der Waals surface area contributed by atoms with E-state index < -0.39 is 11.9 Å². The van der Waals surface area contributed by atoms with Crippen molar-refractivity contribution in [3.05, 3.63) is 40.7 Å². The number of esters is 1. The molecule has 1 N–H and O–H groups in total. The summed E-state index contributed by atoms with van der Waals surface area (Å²) in [7, 11) is 0. The molecule has 0 saturated carbocycles. The zero-order chi connectivity index (χ0) is 19.4. The van der Waals surface area contributed by atoms with Crippen molar-refractivity contribution in [2.24, 2.45) is 5.92 Å². The number of carbonyl (C=O) groups is 3. The van der Waals surface area contributed by atoms with Gasteiger partial charge in [-0.05, 0) is 49.4 Å². The molecule has 0 spiro atoms. The van der Waals surface area contributed by atoms with Crippen LogP contribution in [-0.2, 0) is 9.53 Å². The van der Waals surface area contributed by atoms with Gasteiger partial charge in [0.25, 0.3) is 11.8 Å². The number of ether oxygens (including phenoxy) is 1. The van der Waals surface area contributed by atoms with Gasteiger partial charge in [-0.2, -0.15) is 0 Å². The summed E-state index contributed by atoms with van der Waals surface area (Å²) in [6.07, 6.45) is 3.51. The van der Waals surface area contributed by atoms with Gasteiger partial charge in [0.15, 0.2) is 12.4 Å². The van der Waals surface area contributed by atoms with Gasteiger partial charge in [-0.3, -0.25) is 9.59 Å². The Bertz CT molecular complexity index is 827. The number of thiophene rings is 1. The minimum absolute atomic E-state index is 0.171. The molecule has 1 fully saturated rings. The molecule has 0 aliphatic carbocycles. The maximum absolute atomic E-state index is 12.3. The highest BCUT2D eigenvalue weighted by Crippen LogP contribution is 2.28. The molecule has 7 nitrogen and oxygen atoms in total. The summed E-state index contributed by atoms with van der Waals surface area (Å²) >= 11 is 1.11. The highest BCUT2D eigenvalue weighted by atomic mass is 32.1. The molecule has 1 aliphatic heterocycles. The topological polar surface area (TPSA) is 88.9 Å². The largest absolute Gasteiger partial charge is 0.459 e. The number of carbonyl (C=O) groups excluding carboxylic acids is 3. The normalized spacial score (nSPS) is 16.8. The Kier molecular flexibility index (Phi) is 5.95. The van der Waals surface area contributed by atoms with Gasteiger partial charge in [0.05, 0.1) is 11.3 Å². The second-order valence-corrected chi connectivity index (χ2v) is 7.77. The van der Waals surface area contributed by atoms with Crippen LogP contribution in [0.4, 0.5) is 5.00 Å². The first-order chi connectivity index (χ1) is 12.9. The standard InChI is InChI=1S/C19H22N2O5S/c1-12-5-3-7-21(10-12)16(22)11-26-19(24)17-13(2)9-15(27-17)20-18(23)14-6-4-8-25-14/h4,6,8-9,12H,3,5,7,10-11H2,1-2H3,(H,20,23). The van der Waals surface area contributed by atoms with Crippen LogP contribution in [0.5, 0.6) is 0 Å². The Hall–Kier alpha value is -2.61. The lowest BCUT2D eigenvalue weighted by molar-refractivity contribution is -0.136. The number of amides is 2. The van der Waals surface area contributed by atoms with Crippen LogP contribution in [0.2, 0.25) is 0 Å². The van der Waals surface area contributed by atoms with Gasteiger partial charge < -0.3 is 19.4 Å². The van der Waals surface area contributed by atoms with E-state index in [1.54, 1.807) is 30.0 Å². The number of likely N-dealkylation sites (tertiary alicyclic amines) is 1. The Balaban J connectivity index is 1.56. The second kappa shape index (κ2) is 8.39. The number of rotatable bonds is 5. The van der Waals surface area contributed by atoms with Crippen LogP contribution >= 0.6 is 11.3 Å². The van der Waals surface area contributed by atoms with Crippen molar-refractivity contribution >= 4 is 34.1 Å². The van der Waals surface area contributed by atoms with Gasteiger partial charge in [-0.15, -0.1) is 11.3 Å². The van der Waals surface area contributed by atoms with E-state index in [0.717, 1.165) is 24.2 Å². The first-order valence-corrected chi connectivity index (χ1v) is 9.66. The van der Waals surface area contributed by atoms with Gasteiger partial charge in [-0.1, -0.05) is 6.92 Å². The molecule has 0 radical (unpaired) electrons. The van der Waals surface area contributed by atoms with E-state index in [4.69, 9.17) is 9.15 Å². The number of hydrogen-bond donors (Lipinski definition) is 1. The van der Waals surface area contributed by atoms with E-state index in [1.807, 2.05) is 0 Å². The van der Waals surface area contributed by atoms with Crippen molar-refractivity contribution in [3.8, 4) is 0 Å². The fourth-order valence-corrected chi connectivity index (χ4v) is 3.99. The summed E-state index contributed by atoms with van der Waals surface area (Å²) in [5.41, 5.74) is 0.679. The molecule has 3 heterocycles.